The minimum absolute atomic E-state index is 0.148. The predicted molar refractivity (Wildman–Crippen MR) is 218 cm³/mol. The van der Waals surface area contributed by atoms with Crippen LogP contribution in [0.2, 0.25) is 0 Å². The molecule has 1 nitrogen and oxygen atoms in total. The molecule has 1 aromatic heterocycles. The molecular weight excluding hydrogens is 600 g/mol. The number of aryl methyl sites for hydroxylation is 7. The lowest BCUT2D eigenvalue weighted by molar-refractivity contribution is -0.659. The number of benzene rings is 6. The standard InChI is InChI=1S/C47H44B2N/c1-29-25-34(6)35(7)39(26-29)47-40-27-37(20-19-36(40)23-24-50(47)8)38-21-22-43-44(28-38)49(46-32(4)15-12-16-33(46)5)42-18-10-9-17-41(42)48(43)45-30(2)13-11-14-31(45)3/h9-28H,1-8H3/q+1. The van der Waals surface area contributed by atoms with E-state index in [0.717, 1.165) is 0 Å². The summed E-state index contributed by atoms with van der Waals surface area (Å²) in [6.07, 6.45) is 2.20. The van der Waals surface area contributed by atoms with Crippen LogP contribution in [0, 0.1) is 48.5 Å². The third kappa shape index (κ3) is 5.14. The highest BCUT2D eigenvalue weighted by Gasteiger charge is 2.40. The molecule has 0 amide bonds. The summed E-state index contributed by atoms with van der Waals surface area (Å²) in [6, 6.07) is 44.0. The number of rotatable bonds is 4. The zero-order valence-corrected chi connectivity index (χ0v) is 30.6. The Labute approximate surface area is 298 Å². The Bertz CT molecular complexity index is 2450. The van der Waals surface area contributed by atoms with Gasteiger partial charge < -0.3 is 0 Å². The first kappa shape index (κ1) is 32.1. The highest BCUT2D eigenvalue weighted by atomic mass is 14.9. The second-order valence-corrected chi connectivity index (χ2v) is 14.8. The van der Waals surface area contributed by atoms with Gasteiger partial charge in [-0.3, -0.25) is 0 Å². The fraction of sp³-hybridized carbons (Fsp3) is 0.170. The van der Waals surface area contributed by atoms with Crippen molar-refractivity contribution in [1.29, 1.82) is 0 Å². The van der Waals surface area contributed by atoms with Crippen molar-refractivity contribution < 1.29 is 4.57 Å². The third-order valence-electron chi connectivity index (χ3n) is 11.5. The monoisotopic (exact) mass is 644 g/mol. The number of pyridine rings is 1. The second-order valence-electron chi connectivity index (χ2n) is 14.8. The van der Waals surface area contributed by atoms with Crippen LogP contribution in [-0.2, 0) is 7.05 Å². The quantitative estimate of drug-likeness (QED) is 0.152. The smallest absolute Gasteiger partial charge is 0.200 e. The molecule has 50 heavy (non-hydrogen) atoms. The number of nitrogens with zero attached hydrogens (tertiary/aromatic N) is 1. The lowest BCUT2D eigenvalue weighted by Gasteiger charge is -2.34. The first-order valence-corrected chi connectivity index (χ1v) is 18.0. The van der Waals surface area contributed by atoms with Crippen molar-refractivity contribution in [1.82, 2.24) is 0 Å². The Kier molecular flexibility index (Phi) is 7.91. The summed E-state index contributed by atoms with van der Waals surface area (Å²) in [5, 5.41) is 2.54. The topological polar surface area (TPSA) is 3.88 Å². The van der Waals surface area contributed by atoms with Gasteiger partial charge in [0.05, 0.1) is 10.9 Å². The molecule has 2 heterocycles. The molecule has 0 N–H and O–H groups in total. The zero-order valence-electron chi connectivity index (χ0n) is 30.6. The molecular formula is C47H44B2N+. The van der Waals surface area contributed by atoms with E-state index in [1.807, 2.05) is 0 Å². The number of aromatic nitrogens is 1. The highest BCUT2D eigenvalue weighted by molar-refractivity contribution is 7.11. The predicted octanol–water partition coefficient (Wildman–Crippen LogP) is 6.50. The molecule has 6 aromatic carbocycles. The van der Waals surface area contributed by atoms with Gasteiger partial charge in [-0.2, -0.15) is 0 Å². The molecule has 0 radical (unpaired) electrons. The van der Waals surface area contributed by atoms with E-state index in [9.17, 15) is 0 Å². The van der Waals surface area contributed by atoms with Crippen molar-refractivity contribution in [3.63, 3.8) is 0 Å². The first-order chi connectivity index (χ1) is 24.1. The van der Waals surface area contributed by atoms with Crippen LogP contribution in [0.25, 0.3) is 33.2 Å². The second kappa shape index (κ2) is 12.3. The SMILES string of the molecule is Cc1cc(C)c(C)c(-c2c3cc(-c4ccc5c(c4)B(c4c(C)cccc4C)c4ccccc4B5c4c(C)cccc4C)ccc3cc[n+]2C)c1. The van der Waals surface area contributed by atoms with Gasteiger partial charge in [0.25, 0.3) is 0 Å². The molecule has 1 aliphatic rings. The zero-order chi connectivity index (χ0) is 34.8. The number of fused-ring (bicyclic) bond motifs is 3. The summed E-state index contributed by atoms with van der Waals surface area (Å²) in [5.41, 5.74) is 23.0. The fourth-order valence-corrected chi connectivity index (χ4v) is 8.99. The van der Waals surface area contributed by atoms with Gasteiger partial charge in [-0.25, -0.2) is 4.57 Å². The Morgan fingerprint density at radius 3 is 1.62 bits per heavy atom. The van der Waals surface area contributed by atoms with E-state index < -0.39 is 0 Å². The minimum Gasteiger partial charge on any atom is -0.200 e. The molecule has 0 unspecified atom stereocenters. The van der Waals surface area contributed by atoms with E-state index in [2.05, 4.69) is 182 Å². The molecule has 0 fully saturated rings. The minimum atomic E-state index is 0.148. The Hall–Kier alpha value is -5.14. The van der Waals surface area contributed by atoms with Crippen LogP contribution in [-0.4, -0.2) is 13.4 Å². The summed E-state index contributed by atoms with van der Waals surface area (Å²) in [7, 11) is 2.18. The first-order valence-electron chi connectivity index (χ1n) is 18.0. The lowest BCUT2D eigenvalue weighted by atomic mass is 9.20. The molecule has 0 atom stereocenters. The highest BCUT2D eigenvalue weighted by Crippen LogP contribution is 2.33. The Morgan fingerprint density at radius 2 is 1.00 bits per heavy atom. The fourth-order valence-electron chi connectivity index (χ4n) is 8.99. The third-order valence-corrected chi connectivity index (χ3v) is 11.5. The van der Waals surface area contributed by atoms with Crippen LogP contribution >= 0.6 is 0 Å². The maximum Gasteiger partial charge on any atom is 0.240 e. The Balaban J connectivity index is 1.40. The number of hydrogen-bond donors (Lipinski definition) is 0. The normalized spacial score (nSPS) is 12.3. The van der Waals surface area contributed by atoms with E-state index in [4.69, 9.17) is 0 Å². The van der Waals surface area contributed by atoms with Crippen molar-refractivity contribution in [2.24, 2.45) is 7.05 Å². The van der Waals surface area contributed by atoms with Gasteiger partial charge in [-0.05, 0) is 88.2 Å². The average Bonchev–Trinajstić information content (AvgIpc) is 3.10. The van der Waals surface area contributed by atoms with Crippen LogP contribution in [0.5, 0.6) is 0 Å². The van der Waals surface area contributed by atoms with Gasteiger partial charge in [0.15, 0.2) is 6.20 Å². The van der Waals surface area contributed by atoms with Crippen LogP contribution < -0.4 is 37.3 Å². The van der Waals surface area contributed by atoms with Gasteiger partial charge in [0, 0.05) is 6.07 Å². The largest absolute Gasteiger partial charge is 0.240 e. The Morgan fingerprint density at radius 1 is 0.460 bits per heavy atom. The van der Waals surface area contributed by atoms with E-state index >= 15 is 0 Å². The van der Waals surface area contributed by atoms with Crippen LogP contribution in [0.15, 0.2) is 121 Å². The molecule has 8 rings (SSSR count). The lowest BCUT2D eigenvalue weighted by Crippen LogP contribution is -2.75. The van der Waals surface area contributed by atoms with Crippen LogP contribution in [0.4, 0.5) is 0 Å². The molecule has 7 aromatic rings. The molecule has 0 spiro atoms. The molecule has 0 bridgehead atoms. The van der Waals surface area contributed by atoms with Crippen molar-refractivity contribution in [3.05, 3.63) is 160 Å². The van der Waals surface area contributed by atoms with Crippen molar-refractivity contribution in [2.75, 3.05) is 0 Å². The van der Waals surface area contributed by atoms with Crippen molar-refractivity contribution in [3.8, 4) is 22.4 Å². The molecule has 1 aliphatic heterocycles. The molecule has 3 heteroatoms. The van der Waals surface area contributed by atoms with Crippen LogP contribution in [0.3, 0.4) is 0 Å². The van der Waals surface area contributed by atoms with E-state index in [1.54, 1.807) is 0 Å². The average molecular weight is 645 g/mol. The van der Waals surface area contributed by atoms with E-state index in [-0.39, 0.29) is 13.4 Å². The molecule has 0 saturated carbocycles. The van der Waals surface area contributed by atoms with Crippen molar-refractivity contribution >= 4 is 57.0 Å². The van der Waals surface area contributed by atoms with Gasteiger partial charge in [0.1, 0.15) is 7.05 Å². The van der Waals surface area contributed by atoms with E-state index in [1.165, 1.54) is 105 Å². The maximum absolute atomic E-state index is 2.52. The van der Waals surface area contributed by atoms with Gasteiger partial charge in [-0.15, -0.1) is 0 Å². The molecule has 0 saturated heterocycles. The number of hydrogen-bond acceptors (Lipinski definition) is 0. The molecule has 0 aliphatic carbocycles. The summed E-state index contributed by atoms with van der Waals surface area (Å²) in [5.74, 6) is 0. The van der Waals surface area contributed by atoms with Crippen molar-refractivity contribution in [2.45, 2.75) is 48.5 Å². The maximum atomic E-state index is 2.52. The van der Waals surface area contributed by atoms with Gasteiger partial charge in [-0.1, -0.05) is 158 Å². The van der Waals surface area contributed by atoms with Gasteiger partial charge in [0.2, 0.25) is 19.1 Å². The summed E-state index contributed by atoms with van der Waals surface area (Å²) in [4.78, 5) is 0. The van der Waals surface area contributed by atoms with E-state index in [0.29, 0.717) is 0 Å². The summed E-state index contributed by atoms with van der Waals surface area (Å²) >= 11 is 0. The molecule has 242 valence electrons. The summed E-state index contributed by atoms with van der Waals surface area (Å²) < 4.78 is 2.29. The summed E-state index contributed by atoms with van der Waals surface area (Å²) in [6.45, 7) is 16.1. The van der Waals surface area contributed by atoms with Crippen LogP contribution in [0.1, 0.15) is 38.9 Å². The van der Waals surface area contributed by atoms with Gasteiger partial charge >= 0.3 is 0 Å².